The summed E-state index contributed by atoms with van der Waals surface area (Å²) in [6.07, 6.45) is 4.28. The Hall–Kier alpha value is -1.84. The highest BCUT2D eigenvalue weighted by atomic mass is 28.4. The van der Waals surface area contributed by atoms with Crippen molar-refractivity contribution in [1.29, 1.82) is 0 Å². The van der Waals surface area contributed by atoms with Gasteiger partial charge in [-0.25, -0.2) is 0 Å². The largest absolute Gasteiger partial charge is 0.406 e. The molecular formula is C22H31NOSi. The van der Waals surface area contributed by atoms with Crippen LogP contribution >= 0.6 is 0 Å². The molecule has 0 amide bonds. The summed E-state index contributed by atoms with van der Waals surface area (Å²) in [5.41, 5.74) is 3.49. The minimum atomic E-state index is -1.90. The summed E-state index contributed by atoms with van der Waals surface area (Å²) in [6, 6.07) is 18.8. The average Bonchev–Trinajstić information content (AvgIpc) is 2.58. The Balaban J connectivity index is 2.39. The van der Waals surface area contributed by atoms with Crippen LogP contribution in [0, 0.1) is 0 Å². The van der Waals surface area contributed by atoms with Crippen LogP contribution in [0.1, 0.15) is 38.0 Å². The molecule has 0 heterocycles. The zero-order valence-corrected chi connectivity index (χ0v) is 17.3. The van der Waals surface area contributed by atoms with Gasteiger partial charge in [-0.1, -0.05) is 81.5 Å². The van der Waals surface area contributed by atoms with Gasteiger partial charge in [-0.3, -0.25) is 0 Å². The molecule has 25 heavy (non-hydrogen) atoms. The molecule has 0 radical (unpaired) electrons. The molecule has 1 unspecified atom stereocenters. The lowest BCUT2D eigenvalue weighted by Crippen LogP contribution is -2.41. The third-order valence-electron chi connectivity index (χ3n) is 5.03. The van der Waals surface area contributed by atoms with Crippen LogP contribution in [-0.4, -0.2) is 15.4 Å². The Morgan fingerprint density at radius 2 is 1.56 bits per heavy atom. The maximum atomic E-state index is 6.76. The van der Waals surface area contributed by atoms with Crippen molar-refractivity contribution in [3.05, 3.63) is 71.8 Å². The van der Waals surface area contributed by atoms with Crippen molar-refractivity contribution in [3.8, 4) is 0 Å². The van der Waals surface area contributed by atoms with Gasteiger partial charge in [0.05, 0.1) is 6.10 Å². The molecule has 0 aromatic heterocycles. The van der Waals surface area contributed by atoms with E-state index in [1.807, 2.05) is 13.1 Å². The van der Waals surface area contributed by atoms with Gasteiger partial charge in [-0.15, -0.1) is 0 Å². The molecule has 3 heteroatoms. The fourth-order valence-electron chi connectivity index (χ4n) is 2.44. The zero-order chi connectivity index (χ0) is 18.5. The topological polar surface area (TPSA) is 21.3 Å². The zero-order valence-electron chi connectivity index (χ0n) is 16.3. The van der Waals surface area contributed by atoms with E-state index in [0.717, 1.165) is 5.69 Å². The van der Waals surface area contributed by atoms with Gasteiger partial charge in [0.15, 0.2) is 8.32 Å². The molecule has 2 aromatic rings. The van der Waals surface area contributed by atoms with Crippen molar-refractivity contribution in [1.82, 2.24) is 0 Å². The minimum absolute atomic E-state index is 0.0650. The second kappa shape index (κ2) is 8.02. The van der Waals surface area contributed by atoms with Gasteiger partial charge >= 0.3 is 0 Å². The first-order valence-electron chi connectivity index (χ1n) is 8.92. The van der Waals surface area contributed by atoms with Crippen LogP contribution in [0.25, 0.3) is 6.08 Å². The number of para-hydroxylation sites is 1. The number of nitrogens with one attached hydrogen (secondary N) is 1. The van der Waals surface area contributed by atoms with E-state index in [1.54, 1.807) is 0 Å². The summed E-state index contributed by atoms with van der Waals surface area (Å²) < 4.78 is 6.76. The first-order valence-corrected chi connectivity index (χ1v) is 11.8. The summed E-state index contributed by atoms with van der Waals surface area (Å²) in [5.74, 6) is 0. The molecule has 2 aromatic carbocycles. The van der Waals surface area contributed by atoms with Gasteiger partial charge in [0.25, 0.3) is 0 Å². The third-order valence-corrected chi connectivity index (χ3v) is 9.48. The predicted molar refractivity (Wildman–Crippen MR) is 112 cm³/mol. The first kappa shape index (κ1) is 19.5. The van der Waals surface area contributed by atoms with E-state index in [2.05, 4.69) is 99.9 Å². The maximum Gasteiger partial charge on any atom is 0.193 e. The molecule has 134 valence electrons. The summed E-state index contributed by atoms with van der Waals surface area (Å²) in [7, 11) is 0.0578. The molecule has 0 bridgehead atoms. The molecule has 0 aliphatic carbocycles. The van der Waals surface area contributed by atoms with Crippen molar-refractivity contribution >= 4 is 20.1 Å². The Bertz CT molecular complexity index is 701. The van der Waals surface area contributed by atoms with Gasteiger partial charge in [0, 0.05) is 18.3 Å². The summed E-state index contributed by atoms with van der Waals surface area (Å²) in [5, 5.41) is 3.47. The molecule has 0 fully saturated rings. The number of rotatable bonds is 6. The van der Waals surface area contributed by atoms with Crippen LogP contribution < -0.4 is 5.32 Å². The van der Waals surface area contributed by atoms with Gasteiger partial charge < -0.3 is 9.74 Å². The minimum Gasteiger partial charge on any atom is -0.406 e. The molecule has 0 aliphatic rings. The van der Waals surface area contributed by atoms with E-state index in [9.17, 15) is 0 Å². The molecular weight excluding hydrogens is 322 g/mol. The lowest BCUT2D eigenvalue weighted by Gasteiger charge is -2.39. The molecule has 1 atom stereocenters. The highest BCUT2D eigenvalue weighted by molar-refractivity contribution is 6.74. The molecule has 0 aliphatic heterocycles. The summed E-state index contributed by atoms with van der Waals surface area (Å²) >= 11 is 0. The van der Waals surface area contributed by atoms with E-state index in [0.29, 0.717) is 0 Å². The number of hydrogen-bond donors (Lipinski definition) is 1. The van der Waals surface area contributed by atoms with E-state index in [4.69, 9.17) is 4.43 Å². The lowest BCUT2D eigenvalue weighted by molar-refractivity contribution is 0.231. The van der Waals surface area contributed by atoms with E-state index < -0.39 is 8.32 Å². The molecule has 2 rings (SSSR count). The Labute approximate surface area is 154 Å². The van der Waals surface area contributed by atoms with Crippen LogP contribution in [0.15, 0.2) is 60.7 Å². The highest BCUT2D eigenvalue weighted by Gasteiger charge is 2.39. The standard InChI is InChI=1S/C22H31NOSi/c1-22(2,3)25(5,6)24-21(17-16-18-12-8-7-9-13-18)19-14-10-11-15-20(19)23-4/h7-17,21,23H,1-6H3/b17-16+. The van der Waals surface area contributed by atoms with Crippen LogP contribution in [0.5, 0.6) is 0 Å². The smallest absolute Gasteiger partial charge is 0.193 e. The monoisotopic (exact) mass is 353 g/mol. The molecule has 0 spiro atoms. The molecule has 0 saturated heterocycles. The molecule has 1 N–H and O–H groups in total. The second-order valence-corrected chi connectivity index (χ2v) is 12.7. The summed E-state index contributed by atoms with van der Waals surface area (Å²) in [4.78, 5) is 0. The van der Waals surface area contributed by atoms with Crippen LogP contribution in [0.4, 0.5) is 5.69 Å². The first-order chi connectivity index (χ1) is 11.7. The fourth-order valence-corrected chi connectivity index (χ4v) is 3.63. The third kappa shape index (κ3) is 5.07. The van der Waals surface area contributed by atoms with Gasteiger partial charge in [0.1, 0.15) is 0 Å². The number of benzene rings is 2. The Morgan fingerprint density at radius 1 is 0.960 bits per heavy atom. The van der Waals surface area contributed by atoms with Crippen LogP contribution in [-0.2, 0) is 4.43 Å². The van der Waals surface area contributed by atoms with Crippen molar-refractivity contribution in [2.75, 3.05) is 12.4 Å². The Kier molecular flexibility index (Phi) is 6.25. The predicted octanol–water partition coefficient (Wildman–Crippen LogP) is 6.50. The van der Waals surface area contributed by atoms with Crippen LogP contribution in [0.3, 0.4) is 0 Å². The van der Waals surface area contributed by atoms with Crippen LogP contribution in [0.2, 0.25) is 18.1 Å². The van der Waals surface area contributed by atoms with E-state index in [1.165, 1.54) is 11.1 Å². The fraction of sp³-hybridized carbons (Fsp3) is 0.364. The van der Waals surface area contributed by atoms with Crippen molar-refractivity contribution in [2.45, 2.75) is 45.0 Å². The lowest BCUT2D eigenvalue weighted by atomic mass is 10.1. The molecule has 2 nitrogen and oxygen atoms in total. The van der Waals surface area contributed by atoms with Gasteiger partial charge in [-0.2, -0.15) is 0 Å². The van der Waals surface area contributed by atoms with Gasteiger partial charge in [-0.05, 0) is 29.8 Å². The number of hydrogen-bond acceptors (Lipinski definition) is 2. The van der Waals surface area contributed by atoms with Gasteiger partial charge in [0.2, 0.25) is 0 Å². The average molecular weight is 354 g/mol. The van der Waals surface area contributed by atoms with Crippen molar-refractivity contribution < 1.29 is 4.43 Å². The SMILES string of the molecule is CNc1ccccc1C(/C=C/c1ccccc1)O[Si](C)(C)C(C)(C)C. The highest BCUT2D eigenvalue weighted by Crippen LogP contribution is 2.41. The Morgan fingerprint density at radius 3 is 2.16 bits per heavy atom. The van der Waals surface area contributed by atoms with Crippen molar-refractivity contribution in [3.63, 3.8) is 0 Å². The maximum absolute atomic E-state index is 6.76. The van der Waals surface area contributed by atoms with Crippen molar-refractivity contribution in [2.24, 2.45) is 0 Å². The summed E-state index contributed by atoms with van der Waals surface area (Å²) in [6.45, 7) is 11.4. The van der Waals surface area contributed by atoms with E-state index >= 15 is 0 Å². The normalized spacial score (nSPS) is 13.8. The number of anilines is 1. The molecule has 0 saturated carbocycles. The van der Waals surface area contributed by atoms with E-state index in [-0.39, 0.29) is 11.1 Å². The quantitative estimate of drug-likeness (QED) is 0.598. The second-order valence-electron chi connectivity index (χ2n) is 7.91.